The first-order chi connectivity index (χ1) is 4.46. The Morgan fingerprint density at radius 3 is 1.60 bits per heavy atom. The monoisotopic (exact) mass is 146 g/mol. The minimum Gasteiger partial charge on any atom is -0.379 e. The van der Waals surface area contributed by atoms with E-state index in [2.05, 4.69) is 0 Å². The second kappa shape index (κ2) is 3.91. The average Bonchev–Trinajstić information content (AvgIpc) is 1.84. The Bertz CT molecular complexity index is 81.6. The van der Waals surface area contributed by atoms with Crippen molar-refractivity contribution >= 4 is 0 Å². The van der Waals surface area contributed by atoms with Crippen molar-refractivity contribution in [2.45, 2.75) is 26.2 Å². The largest absolute Gasteiger partial charge is 0.379 e. The lowest BCUT2D eigenvalue weighted by atomic mass is 10.4. The van der Waals surface area contributed by atoms with Gasteiger partial charge in [0.2, 0.25) is 0 Å². The van der Waals surface area contributed by atoms with E-state index in [-0.39, 0.29) is 12.4 Å². The van der Waals surface area contributed by atoms with Gasteiger partial charge in [0.15, 0.2) is 0 Å². The number of nitrogens with zero attached hydrogens (tertiary/aromatic N) is 2. The Morgan fingerprint density at radius 2 is 1.50 bits per heavy atom. The highest BCUT2D eigenvalue weighted by Gasteiger charge is 2.13. The molecule has 0 rings (SSSR count). The van der Waals surface area contributed by atoms with E-state index in [0.717, 1.165) is 0 Å². The standard InChI is InChI=1S/C7H18N2O/c1-6(8(3)4)9(5)7(2)10/h6-7,10H,1-5H3/t6-,7+/m0/s1. The summed E-state index contributed by atoms with van der Waals surface area (Å²) in [6, 6.07) is 0. The van der Waals surface area contributed by atoms with Gasteiger partial charge in [0.25, 0.3) is 0 Å². The molecule has 0 aliphatic carbocycles. The Balaban J connectivity index is 3.81. The molecular weight excluding hydrogens is 128 g/mol. The predicted octanol–water partition coefficient (Wildman–Crippen LogP) is 0.164. The van der Waals surface area contributed by atoms with Crippen molar-refractivity contribution in [1.29, 1.82) is 0 Å². The molecule has 0 radical (unpaired) electrons. The first kappa shape index (κ1) is 9.88. The molecule has 0 heterocycles. The van der Waals surface area contributed by atoms with Crippen LogP contribution in [-0.2, 0) is 0 Å². The van der Waals surface area contributed by atoms with E-state index < -0.39 is 0 Å². The molecule has 0 aromatic heterocycles. The summed E-state index contributed by atoms with van der Waals surface area (Å²) in [5, 5.41) is 9.14. The van der Waals surface area contributed by atoms with Crippen molar-refractivity contribution in [1.82, 2.24) is 9.80 Å². The zero-order chi connectivity index (χ0) is 8.31. The number of aliphatic hydroxyl groups is 1. The Morgan fingerprint density at radius 1 is 1.10 bits per heavy atom. The van der Waals surface area contributed by atoms with Crippen molar-refractivity contribution in [3.8, 4) is 0 Å². The molecule has 62 valence electrons. The van der Waals surface area contributed by atoms with Gasteiger partial charge in [-0.25, -0.2) is 0 Å². The summed E-state index contributed by atoms with van der Waals surface area (Å²) in [5.41, 5.74) is 0. The van der Waals surface area contributed by atoms with Crippen LogP contribution in [0.1, 0.15) is 13.8 Å². The van der Waals surface area contributed by atoms with E-state index in [0.29, 0.717) is 0 Å². The van der Waals surface area contributed by atoms with Gasteiger partial charge in [0.05, 0.1) is 6.17 Å². The number of aliphatic hydroxyl groups excluding tert-OH is 1. The minimum atomic E-state index is -0.377. The highest BCUT2D eigenvalue weighted by molar-refractivity contribution is 4.59. The molecule has 2 atom stereocenters. The van der Waals surface area contributed by atoms with E-state index in [4.69, 9.17) is 5.11 Å². The van der Waals surface area contributed by atoms with Crippen molar-refractivity contribution in [2.24, 2.45) is 0 Å². The van der Waals surface area contributed by atoms with E-state index in [1.807, 2.05) is 37.9 Å². The summed E-state index contributed by atoms with van der Waals surface area (Å²) in [4.78, 5) is 3.94. The number of rotatable bonds is 3. The predicted molar refractivity (Wildman–Crippen MR) is 42.6 cm³/mol. The molecule has 3 nitrogen and oxygen atoms in total. The average molecular weight is 146 g/mol. The lowest BCUT2D eigenvalue weighted by Gasteiger charge is -2.31. The van der Waals surface area contributed by atoms with Gasteiger partial charge in [0, 0.05) is 0 Å². The quantitative estimate of drug-likeness (QED) is 0.575. The second-order valence-electron chi connectivity index (χ2n) is 2.89. The van der Waals surface area contributed by atoms with Gasteiger partial charge in [-0.2, -0.15) is 0 Å². The fourth-order valence-corrected chi connectivity index (χ4v) is 0.676. The van der Waals surface area contributed by atoms with Crippen molar-refractivity contribution in [2.75, 3.05) is 21.1 Å². The van der Waals surface area contributed by atoms with Crippen molar-refractivity contribution < 1.29 is 5.11 Å². The maximum absolute atomic E-state index is 9.14. The lowest BCUT2D eigenvalue weighted by Crippen LogP contribution is -2.44. The molecule has 0 fully saturated rings. The third kappa shape index (κ3) is 2.64. The summed E-state index contributed by atoms with van der Waals surface area (Å²) in [7, 11) is 5.88. The summed E-state index contributed by atoms with van der Waals surface area (Å²) in [6.45, 7) is 3.81. The fourth-order valence-electron chi connectivity index (χ4n) is 0.676. The summed E-state index contributed by atoms with van der Waals surface area (Å²) in [5.74, 6) is 0. The second-order valence-corrected chi connectivity index (χ2v) is 2.89. The zero-order valence-corrected chi connectivity index (χ0v) is 7.50. The van der Waals surface area contributed by atoms with Gasteiger partial charge in [-0.15, -0.1) is 0 Å². The number of hydrogen-bond donors (Lipinski definition) is 1. The Kier molecular flexibility index (Phi) is 3.86. The van der Waals surface area contributed by atoms with Gasteiger partial charge in [-0.05, 0) is 35.0 Å². The molecule has 0 aromatic carbocycles. The molecule has 0 bridgehead atoms. The topological polar surface area (TPSA) is 26.7 Å². The minimum absolute atomic E-state index is 0.278. The Hall–Kier alpha value is -0.120. The third-order valence-corrected chi connectivity index (χ3v) is 1.93. The lowest BCUT2D eigenvalue weighted by molar-refractivity contribution is -0.0276. The number of hydrogen-bond acceptors (Lipinski definition) is 3. The first-order valence-electron chi connectivity index (χ1n) is 3.53. The molecule has 10 heavy (non-hydrogen) atoms. The fraction of sp³-hybridized carbons (Fsp3) is 1.00. The van der Waals surface area contributed by atoms with Crippen LogP contribution in [0, 0.1) is 0 Å². The SMILES string of the molecule is C[C@@H](O)N(C)[C@@H](C)N(C)C. The molecule has 0 saturated heterocycles. The molecule has 0 aliphatic heterocycles. The van der Waals surface area contributed by atoms with Crippen LogP contribution in [0.4, 0.5) is 0 Å². The van der Waals surface area contributed by atoms with Gasteiger partial charge in [-0.3, -0.25) is 9.80 Å². The summed E-state index contributed by atoms with van der Waals surface area (Å²) >= 11 is 0. The molecule has 1 N–H and O–H groups in total. The van der Waals surface area contributed by atoms with Crippen LogP contribution < -0.4 is 0 Å². The van der Waals surface area contributed by atoms with E-state index in [9.17, 15) is 0 Å². The Labute approximate surface area is 63.2 Å². The van der Waals surface area contributed by atoms with Crippen LogP contribution in [0.3, 0.4) is 0 Å². The maximum Gasteiger partial charge on any atom is 0.105 e. The van der Waals surface area contributed by atoms with Crippen LogP contribution in [0.2, 0.25) is 0 Å². The van der Waals surface area contributed by atoms with Gasteiger partial charge >= 0.3 is 0 Å². The molecule has 0 unspecified atom stereocenters. The van der Waals surface area contributed by atoms with Gasteiger partial charge in [0.1, 0.15) is 6.23 Å². The molecule has 3 heteroatoms. The zero-order valence-electron chi connectivity index (χ0n) is 7.50. The molecule has 0 amide bonds. The van der Waals surface area contributed by atoms with Crippen LogP contribution >= 0.6 is 0 Å². The van der Waals surface area contributed by atoms with E-state index in [1.165, 1.54) is 0 Å². The maximum atomic E-state index is 9.14. The van der Waals surface area contributed by atoms with Crippen LogP contribution in [0.25, 0.3) is 0 Å². The van der Waals surface area contributed by atoms with Crippen molar-refractivity contribution in [3.63, 3.8) is 0 Å². The summed E-state index contributed by atoms with van der Waals surface area (Å²) < 4.78 is 0. The smallest absolute Gasteiger partial charge is 0.105 e. The molecule has 0 spiro atoms. The normalized spacial score (nSPS) is 18.0. The highest BCUT2D eigenvalue weighted by atomic mass is 16.3. The van der Waals surface area contributed by atoms with Gasteiger partial charge < -0.3 is 5.11 Å². The molecule has 0 aliphatic rings. The van der Waals surface area contributed by atoms with Gasteiger partial charge in [-0.1, -0.05) is 0 Å². The van der Waals surface area contributed by atoms with E-state index >= 15 is 0 Å². The van der Waals surface area contributed by atoms with Crippen LogP contribution in [-0.4, -0.2) is 48.4 Å². The van der Waals surface area contributed by atoms with E-state index in [1.54, 1.807) is 6.92 Å². The van der Waals surface area contributed by atoms with Crippen molar-refractivity contribution in [3.05, 3.63) is 0 Å². The highest BCUT2D eigenvalue weighted by Crippen LogP contribution is 2.00. The van der Waals surface area contributed by atoms with Crippen LogP contribution in [0.5, 0.6) is 0 Å². The molecule has 0 aromatic rings. The molecular formula is C7H18N2O. The first-order valence-corrected chi connectivity index (χ1v) is 3.53. The molecule has 0 saturated carbocycles. The third-order valence-electron chi connectivity index (χ3n) is 1.93. The summed E-state index contributed by atoms with van der Waals surface area (Å²) in [6.07, 6.45) is -0.0996. The van der Waals surface area contributed by atoms with Crippen LogP contribution in [0.15, 0.2) is 0 Å².